The maximum atomic E-state index is 5.11. The topological polar surface area (TPSA) is 71.9 Å². The Balaban J connectivity index is 1.36. The summed E-state index contributed by atoms with van der Waals surface area (Å²) in [5.74, 6) is 1.64. The van der Waals surface area contributed by atoms with Gasteiger partial charge in [-0.25, -0.2) is 4.98 Å². The van der Waals surface area contributed by atoms with Crippen molar-refractivity contribution in [3.8, 4) is 0 Å². The van der Waals surface area contributed by atoms with Gasteiger partial charge >= 0.3 is 0 Å². The van der Waals surface area contributed by atoms with Crippen molar-refractivity contribution < 1.29 is 4.74 Å². The molecule has 2 aromatic heterocycles. The minimum atomic E-state index is 0.517. The van der Waals surface area contributed by atoms with Crippen molar-refractivity contribution in [2.75, 3.05) is 20.2 Å². The molecule has 3 aromatic rings. The fraction of sp³-hybridized carbons (Fsp3) is 0.500. The fourth-order valence-electron chi connectivity index (χ4n) is 3.64. The van der Waals surface area contributed by atoms with E-state index in [9.17, 15) is 0 Å². The molecule has 1 saturated heterocycles. The van der Waals surface area contributed by atoms with Crippen molar-refractivity contribution in [1.82, 2.24) is 29.9 Å². The summed E-state index contributed by atoms with van der Waals surface area (Å²) < 4.78 is 7.05. The lowest BCUT2D eigenvalue weighted by Gasteiger charge is -2.31. The number of methoxy groups -OCH3 is 1. The summed E-state index contributed by atoms with van der Waals surface area (Å²) >= 11 is 0. The molecule has 1 fully saturated rings. The van der Waals surface area contributed by atoms with Gasteiger partial charge in [-0.1, -0.05) is 17.3 Å². The quantitative estimate of drug-likeness (QED) is 0.745. The van der Waals surface area contributed by atoms with Gasteiger partial charge in [0.05, 0.1) is 30.4 Å². The van der Waals surface area contributed by atoms with E-state index in [2.05, 4.69) is 32.3 Å². The molecule has 0 radical (unpaired) electrons. The lowest BCUT2D eigenvalue weighted by molar-refractivity contribution is 0.150. The number of piperidine rings is 1. The zero-order valence-electron chi connectivity index (χ0n) is 14.6. The third kappa shape index (κ3) is 3.88. The third-order valence-corrected chi connectivity index (χ3v) is 4.74. The first-order valence-corrected chi connectivity index (χ1v) is 8.84. The molecule has 1 aromatic carbocycles. The highest BCUT2D eigenvalue weighted by Gasteiger charge is 2.21. The Morgan fingerprint density at radius 3 is 3.12 bits per heavy atom. The van der Waals surface area contributed by atoms with Crippen molar-refractivity contribution in [3.05, 3.63) is 42.0 Å². The first-order valence-electron chi connectivity index (χ1n) is 8.84. The number of aromatic amines is 1. The molecular weight excluding hydrogens is 316 g/mol. The van der Waals surface area contributed by atoms with Gasteiger partial charge in [-0.2, -0.15) is 0 Å². The number of fused-ring (bicyclic) bond motifs is 1. The Morgan fingerprint density at radius 2 is 2.24 bits per heavy atom. The van der Waals surface area contributed by atoms with Gasteiger partial charge in [-0.15, -0.1) is 5.10 Å². The number of aromatic nitrogens is 5. The summed E-state index contributed by atoms with van der Waals surface area (Å²) in [6.45, 7) is 4.49. The van der Waals surface area contributed by atoms with Crippen LogP contribution in [0.15, 0.2) is 30.5 Å². The largest absolute Gasteiger partial charge is 0.378 e. The number of para-hydroxylation sites is 2. The Bertz CT molecular complexity index is 793. The maximum absolute atomic E-state index is 5.11. The standard InChI is InChI=1S/C18H24N6O/c1-25-13-15-11-24(22-21-15)10-14-5-4-8-23(9-14)12-18-19-16-6-2-3-7-17(16)20-18/h2-3,6-7,11,14H,4-5,8-10,12-13H2,1H3,(H,19,20). The number of rotatable bonds is 6. The molecule has 0 aliphatic carbocycles. The van der Waals surface area contributed by atoms with Crippen LogP contribution in [0.2, 0.25) is 0 Å². The summed E-state index contributed by atoms with van der Waals surface area (Å²) in [4.78, 5) is 10.6. The SMILES string of the molecule is COCc1cn(CC2CCCN(Cc3nc4ccccc4[nH]3)C2)nn1. The summed E-state index contributed by atoms with van der Waals surface area (Å²) in [6, 6.07) is 8.20. The van der Waals surface area contributed by atoms with E-state index in [-0.39, 0.29) is 0 Å². The van der Waals surface area contributed by atoms with Gasteiger partial charge in [0.15, 0.2) is 0 Å². The van der Waals surface area contributed by atoms with Gasteiger partial charge in [0.2, 0.25) is 0 Å². The molecule has 1 aliphatic heterocycles. The molecule has 0 saturated carbocycles. The average Bonchev–Trinajstić information content (AvgIpc) is 3.21. The molecule has 1 N–H and O–H groups in total. The average molecular weight is 340 g/mol. The van der Waals surface area contributed by atoms with Gasteiger partial charge in [0, 0.05) is 20.2 Å². The summed E-state index contributed by atoms with van der Waals surface area (Å²) in [5.41, 5.74) is 3.04. The molecule has 0 spiro atoms. The van der Waals surface area contributed by atoms with Crippen molar-refractivity contribution in [3.63, 3.8) is 0 Å². The van der Waals surface area contributed by atoms with Crippen molar-refractivity contribution >= 4 is 11.0 Å². The smallest absolute Gasteiger partial charge is 0.121 e. The van der Waals surface area contributed by atoms with Crippen molar-refractivity contribution in [2.24, 2.45) is 5.92 Å². The van der Waals surface area contributed by atoms with Crippen LogP contribution in [0.1, 0.15) is 24.4 Å². The highest BCUT2D eigenvalue weighted by atomic mass is 16.5. The molecule has 1 atom stereocenters. The predicted molar refractivity (Wildman–Crippen MR) is 94.8 cm³/mol. The van der Waals surface area contributed by atoms with E-state index in [0.29, 0.717) is 12.5 Å². The number of ether oxygens (including phenoxy) is 1. The molecule has 7 nitrogen and oxygen atoms in total. The van der Waals surface area contributed by atoms with E-state index in [0.717, 1.165) is 48.7 Å². The number of H-pyrrole nitrogens is 1. The van der Waals surface area contributed by atoms with E-state index in [4.69, 9.17) is 9.72 Å². The van der Waals surface area contributed by atoms with Crippen LogP contribution in [0.25, 0.3) is 11.0 Å². The van der Waals surface area contributed by atoms with Gasteiger partial charge < -0.3 is 9.72 Å². The highest BCUT2D eigenvalue weighted by Crippen LogP contribution is 2.20. The molecular formula is C18H24N6O. The Kier molecular flexibility index (Phi) is 4.76. The van der Waals surface area contributed by atoms with Crippen LogP contribution in [0.3, 0.4) is 0 Å². The molecule has 0 amide bonds. The van der Waals surface area contributed by atoms with Crippen molar-refractivity contribution in [2.45, 2.75) is 32.5 Å². The second-order valence-electron chi connectivity index (χ2n) is 6.81. The van der Waals surface area contributed by atoms with Crippen LogP contribution < -0.4 is 0 Å². The van der Waals surface area contributed by atoms with Gasteiger partial charge in [0.1, 0.15) is 11.5 Å². The van der Waals surface area contributed by atoms with E-state index in [1.165, 1.54) is 12.8 Å². The molecule has 4 rings (SSSR count). The molecule has 25 heavy (non-hydrogen) atoms. The molecule has 0 bridgehead atoms. The number of nitrogens with one attached hydrogen (secondary N) is 1. The Hall–Kier alpha value is -2.25. The van der Waals surface area contributed by atoms with Gasteiger partial charge in [0.25, 0.3) is 0 Å². The van der Waals surface area contributed by atoms with Crippen LogP contribution >= 0.6 is 0 Å². The molecule has 1 aliphatic rings. The number of benzene rings is 1. The van der Waals surface area contributed by atoms with Crippen LogP contribution in [0, 0.1) is 5.92 Å². The van der Waals surface area contributed by atoms with Crippen molar-refractivity contribution in [1.29, 1.82) is 0 Å². The second-order valence-corrected chi connectivity index (χ2v) is 6.81. The summed E-state index contributed by atoms with van der Waals surface area (Å²) in [6.07, 6.45) is 4.43. The van der Waals surface area contributed by atoms with E-state index >= 15 is 0 Å². The normalized spacial score (nSPS) is 18.8. The molecule has 132 valence electrons. The number of hydrogen-bond acceptors (Lipinski definition) is 5. The minimum Gasteiger partial charge on any atom is -0.378 e. The number of likely N-dealkylation sites (tertiary alicyclic amines) is 1. The zero-order chi connectivity index (χ0) is 17.1. The maximum Gasteiger partial charge on any atom is 0.121 e. The first kappa shape index (κ1) is 16.2. The van der Waals surface area contributed by atoms with Gasteiger partial charge in [-0.05, 0) is 37.4 Å². The minimum absolute atomic E-state index is 0.517. The third-order valence-electron chi connectivity index (χ3n) is 4.74. The fourth-order valence-corrected chi connectivity index (χ4v) is 3.64. The van der Waals surface area contributed by atoms with Crippen LogP contribution in [0.4, 0.5) is 0 Å². The van der Waals surface area contributed by atoms with E-state index in [1.807, 2.05) is 23.0 Å². The van der Waals surface area contributed by atoms with E-state index in [1.54, 1.807) is 7.11 Å². The van der Waals surface area contributed by atoms with Gasteiger partial charge in [-0.3, -0.25) is 9.58 Å². The summed E-state index contributed by atoms with van der Waals surface area (Å²) in [5, 5.41) is 8.36. The Labute approximate surface area is 147 Å². The van der Waals surface area contributed by atoms with Crippen LogP contribution in [-0.2, 0) is 24.4 Å². The van der Waals surface area contributed by atoms with E-state index < -0.39 is 0 Å². The number of hydrogen-bond donors (Lipinski definition) is 1. The van der Waals surface area contributed by atoms with Crippen LogP contribution in [0.5, 0.6) is 0 Å². The first-order chi connectivity index (χ1) is 12.3. The Morgan fingerprint density at radius 1 is 1.32 bits per heavy atom. The number of imidazole rings is 1. The highest BCUT2D eigenvalue weighted by molar-refractivity contribution is 5.74. The number of nitrogens with zero attached hydrogens (tertiary/aromatic N) is 5. The molecule has 7 heteroatoms. The predicted octanol–water partition coefficient (Wildman–Crippen LogP) is 2.21. The second kappa shape index (κ2) is 7.33. The lowest BCUT2D eigenvalue weighted by atomic mass is 9.98. The van der Waals surface area contributed by atoms with Crippen LogP contribution in [-0.4, -0.2) is 50.1 Å². The monoisotopic (exact) mass is 340 g/mol. The molecule has 1 unspecified atom stereocenters. The molecule has 3 heterocycles. The zero-order valence-corrected chi connectivity index (χ0v) is 14.6. The summed E-state index contributed by atoms with van der Waals surface area (Å²) in [7, 11) is 1.68. The lowest BCUT2D eigenvalue weighted by Crippen LogP contribution is -2.36.